The zero-order valence-electron chi connectivity index (χ0n) is 47.3. The number of ketones is 2. The maximum absolute atomic E-state index is 15.5. The van der Waals surface area contributed by atoms with Crippen molar-refractivity contribution >= 4 is 67.5 Å². The summed E-state index contributed by atoms with van der Waals surface area (Å²) in [6, 6.07) is 11.1. The molecule has 0 spiro atoms. The Balaban J connectivity index is 0.000000237. The summed E-state index contributed by atoms with van der Waals surface area (Å²) < 4.78 is 74.0. The summed E-state index contributed by atoms with van der Waals surface area (Å²) in [7, 11) is 3.35. The van der Waals surface area contributed by atoms with Crippen molar-refractivity contribution in [2.24, 2.45) is 10.7 Å². The van der Waals surface area contributed by atoms with Gasteiger partial charge in [-0.25, -0.2) is 8.78 Å². The van der Waals surface area contributed by atoms with Crippen LogP contribution in [0.25, 0.3) is 0 Å². The number of anilines is 2. The molecule has 0 saturated carbocycles. The molecule has 0 aliphatic carbocycles. The molecule has 0 bridgehead atoms. The van der Waals surface area contributed by atoms with Gasteiger partial charge in [0.15, 0.2) is 46.2 Å². The van der Waals surface area contributed by atoms with Crippen LogP contribution in [0.15, 0.2) is 41.4 Å². The molecular weight excluding hydrogens is 1140 g/mol. The summed E-state index contributed by atoms with van der Waals surface area (Å²) in [4.78, 5) is 35.9. The van der Waals surface area contributed by atoms with Gasteiger partial charge >= 0.3 is 0 Å². The van der Waals surface area contributed by atoms with E-state index in [0.29, 0.717) is 99.4 Å². The third-order valence-corrected chi connectivity index (χ3v) is 13.8. The van der Waals surface area contributed by atoms with Crippen LogP contribution in [0.5, 0.6) is 34.5 Å². The van der Waals surface area contributed by atoms with Crippen molar-refractivity contribution in [2.45, 2.75) is 93.2 Å². The highest BCUT2D eigenvalue weighted by Gasteiger charge is 2.35. The van der Waals surface area contributed by atoms with Crippen LogP contribution < -0.4 is 44.0 Å². The van der Waals surface area contributed by atoms with Crippen LogP contribution in [-0.2, 0) is 33.4 Å². The molecule has 20 heteroatoms. The second-order valence-electron chi connectivity index (χ2n) is 20.6. The van der Waals surface area contributed by atoms with Crippen molar-refractivity contribution in [3.05, 3.63) is 92.5 Å². The number of nitrogens with two attached hydrogens (primary N) is 1. The molecule has 4 aliphatic rings. The molecule has 0 atom stereocenters. The summed E-state index contributed by atoms with van der Waals surface area (Å²) in [5.41, 5.74) is 12.2. The van der Waals surface area contributed by atoms with E-state index in [-0.39, 0.29) is 87.8 Å². The number of methoxy groups -OCH3 is 2. The first kappa shape index (κ1) is 63.1. The largest absolute Gasteiger partial charge is 0.494 e. The normalized spacial score (nSPS) is 14.9. The van der Waals surface area contributed by atoms with Gasteiger partial charge in [0.2, 0.25) is 0 Å². The van der Waals surface area contributed by atoms with Gasteiger partial charge in [-0.3, -0.25) is 20.0 Å². The van der Waals surface area contributed by atoms with Gasteiger partial charge in [-0.1, -0.05) is 57.5 Å². The highest BCUT2D eigenvalue weighted by molar-refractivity contribution is 9.09. The number of amidine groups is 2. The SMILES string of the molecule is Br.CCOc1cc2c(c(F)c1OCC)C(=N)N(CC(=O)c1cc(N3CCOCC3)c(OC)c(C(C)(C)C)c1)C2.CCOc1cc2c(c(F)c1OCC)C(N)=NC2.COc1c(N2CCOCC2)cc(C(=O)CBr)cc1C(C)(C)C. The fourth-order valence-electron chi connectivity index (χ4n) is 9.52. The quantitative estimate of drug-likeness (QED) is 0.0753. The lowest BCUT2D eigenvalue weighted by Crippen LogP contribution is -2.37. The Bertz CT molecular complexity index is 2810. The highest BCUT2D eigenvalue weighted by atomic mass is 79.9. The van der Waals surface area contributed by atoms with Crippen LogP contribution in [0.3, 0.4) is 0 Å². The summed E-state index contributed by atoms with van der Waals surface area (Å²) >= 11 is 3.27. The molecule has 2 saturated heterocycles. The van der Waals surface area contributed by atoms with Crippen LogP contribution in [-0.4, -0.2) is 133 Å². The minimum atomic E-state index is -0.623. The number of hydrogen-bond acceptors (Lipinski definition) is 15. The van der Waals surface area contributed by atoms with Crippen molar-refractivity contribution in [1.29, 1.82) is 5.41 Å². The van der Waals surface area contributed by atoms with Gasteiger partial charge in [0.25, 0.3) is 0 Å². The Morgan fingerprint density at radius 3 is 1.49 bits per heavy atom. The van der Waals surface area contributed by atoms with Crippen LogP contribution in [0, 0.1) is 17.0 Å². The number of benzene rings is 4. The number of nitrogens with zero attached hydrogens (tertiary/aromatic N) is 4. The van der Waals surface area contributed by atoms with Crippen LogP contribution in [0.4, 0.5) is 20.2 Å². The van der Waals surface area contributed by atoms with Crippen molar-refractivity contribution in [3.8, 4) is 34.5 Å². The Kier molecular flexibility index (Phi) is 22.6. The number of nitrogens with one attached hydrogen (secondary N) is 1. The number of carbonyl (C=O) groups is 2. The van der Waals surface area contributed by atoms with Gasteiger partial charge in [0.05, 0.1) is 108 Å². The number of Topliss-reactive ketones (excluding diaryl/α,β-unsaturated/α-hetero) is 2. The number of morpholine rings is 2. The minimum absolute atomic E-state index is 0. The molecule has 0 aromatic heterocycles. The summed E-state index contributed by atoms with van der Waals surface area (Å²) in [6.45, 7) is 27.5. The molecule has 8 rings (SSSR count). The van der Waals surface area contributed by atoms with E-state index >= 15 is 4.39 Å². The second-order valence-corrected chi connectivity index (χ2v) is 21.1. The summed E-state index contributed by atoms with van der Waals surface area (Å²) in [5, 5.41) is 9.01. The Morgan fingerprint density at radius 1 is 0.654 bits per heavy atom. The number of aliphatic imine (C=N–C) groups is 1. The zero-order valence-corrected chi connectivity index (χ0v) is 50.6. The van der Waals surface area contributed by atoms with E-state index in [1.807, 2.05) is 38.1 Å². The molecule has 0 radical (unpaired) electrons. The Labute approximate surface area is 477 Å². The molecule has 16 nitrogen and oxygen atoms in total. The van der Waals surface area contributed by atoms with E-state index < -0.39 is 11.6 Å². The number of ether oxygens (including phenoxy) is 8. The number of rotatable bonds is 17. The van der Waals surface area contributed by atoms with E-state index in [0.717, 1.165) is 58.2 Å². The molecule has 4 aromatic rings. The van der Waals surface area contributed by atoms with E-state index in [1.54, 1.807) is 45.1 Å². The van der Waals surface area contributed by atoms with E-state index in [2.05, 4.69) is 72.3 Å². The van der Waals surface area contributed by atoms with Crippen LogP contribution in [0.1, 0.15) is 123 Å². The van der Waals surface area contributed by atoms with Crippen LogP contribution in [0.2, 0.25) is 0 Å². The molecule has 428 valence electrons. The first-order chi connectivity index (χ1) is 36.7. The monoisotopic (exact) mass is 1210 g/mol. The summed E-state index contributed by atoms with van der Waals surface area (Å²) in [5.74, 6) is 1.49. The number of carbonyl (C=O) groups excluding carboxylic acids is 2. The van der Waals surface area contributed by atoms with Gasteiger partial charge in [-0.05, 0) is 86.1 Å². The highest BCUT2D eigenvalue weighted by Crippen LogP contribution is 2.44. The molecule has 2 fully saturated rings. The third kappa shape index (κ3) is 14.4. The smallest absolute Gasteiger partial charge is 0.197 e. The predicted molar refractivity (Wildman–Crippen MR) is 311 cm³/mol. The number of hydrogen-bond donors (Lipinski definition) is 2. The third-order valence-electron chi connectivity index (χ3n) is 13.3. The fraction of sp³-hybridized carbons (Fsp3) is 0.517. The molecular formula is C58H78Br2F2N6O10. The van der Waals surface area contributed by atoms with E-state index in [4.69, 9.17) is 49.0 Å². The predicted octanol–water partition coefficient (Wildman–Crippen LogP) is 10.6. The molecule has 0 amide bonds. The minimum Gasteiger partial charge on any atom is -0.494 e. The zero-order chi connectivity index (χ0) is 56.4. The molecule has 4 heterocycles. The maximum Gasteiger partial charge on any atom is 0.197 e. The first-order valence-electron chi connectivity index (χ1n) is 26.3. The molecule has 0 unspecified atom stereocenters. The molecule has 78 heavy (non-hydrogen) atoms. The van der Waals surface area contributed by atoms with Gasteiger partial charge in [-0.15, -0.1) is 17.0 Å². The number of halogens is 4. The van der Waals surface area contributed by atoms with Crippen molar-refractivity contribution in [3.63, 3.8) is 0 Å². The lowest BCUT2D eigenvalue weighted by atomic mass is 9.84. The molecule has 4 aliphatic heterocycles. The van der Waals surface area contributed by atoms with E-state index in [1.165, 1.54) is 0 Å². The van der Waals surface area contributed by atoms with Gasteiger partial charge in [0, 0.05) is 55.0 Å². The van der Waals surface area contributed by atoms with Crippen molar-refractivity contribution in [2.75, 3.05) is 115 Å². The van der Waals surface area contributed by atoms with Crippen molar-refractivity contribution < 1.29 is 56.3 Å². The van der Waals surface area contributed by atoms with Gasteiger partial charge < -0.3 is 58.3 Å². The molecule has 4 aromatic carbocycles. The Hall–Kier alpha value is -5.70. The molecule has 3 N–H and O–H groups in total. The van der Waals surface area contributed by atoms with Crippen LogP contribution >= 0.6 is 32.9 Å². The van der Waals surface area contributed by atoms with Gasteiger partial charge in [0.1, 0.15) is 23.2 Å². The lowest BCUT2D eigenvalue weighted by molar-refractivity contribution is 0.0961. The number of alkyl halides is 1. The lowest BCUT2D eigenvalue weighted by Gasteiger charge is -2.33. The number of fused-ring (bicyclic) bond motifs is 2. The average molecular weight is 1220 g/mol. The second kappa shape index (κ2) is 27.9. The van der Waals surface area contributed by atoms with Crippen molar-refractivity contribution in [1.82, 2.24) is 4.90 Å². The summed E-state index contributed by atoms with van der Waals surface area (Å²) in [6.07, 6.45) is 0. The first-order valence-corrected chi connectivity index (χ1v) is 27.4. The maximum atomic E-state index is 15.5. The topological polar surface area (TPSA) is 180 Å². The average Bonchev–Trinajstić information content (AvgIpc) is 4.02. The van der Waals surface area contributed by atoms with E-state index in [9.17, 15) is 14.0 Å². The fourth-order valence-corrected chi connectivity index (χ4v) is 9.85. The Morgan fingerprint density at radius 2 is 1.08 bits per heavy atom. The van der Waals surface area contributed by atoms with Gasteiger partial charge in [-0.2, -0.15) is 0 Å². The standard InChI is InChI=1S/C29H38FN3O5.C17H24BrNO3.C12H15FN2O2.BrH/c1-7-37-23-15-19-16-33(28(31)24(19)25(30)27(23)38-8-2)17-22(34)18-13-20(29(3,4)5)26(35-6)21(14-18)32-9-11-36-12-10-32;1-17(2,3)13-9-12(15(20)11-18)10-14(16(13)21-4)19-5-7-22-8-6-19;1-3-16-8-5-7-6-15-12(14)9(7)10(13)11(8)17-4-2;/h13-15,31H,7-12,16-17H2,1-6H3;9-10H,5-8,11H2,1-4H3;5H,3-4,6H2,1-2H3,(H2,14,15);1H.